The molecule has 1 rings (SSSR count). The largest absolute Gasteiger partial charge is 0.385 e. The SMILES string of the molecule is [CH2]c1ccccc1C(=O)C(C)O. The molecule has 0 aliphatic heterocycles. The predicted molar refractivity (Wildman–Crippen MR) is 46.9 cm³/mol. The molecule has 1 atom stereocenters. The van der Waals surface area contributed by atoms with Gasteiger partial charge in [-0.05, 0) is 19.4 Å². The first-order valence-corrected chi connectivity index (χ1v) is 3.76. The molecule has 0 spiro atoms. The van der Waals surface area contributed by atoms with Gasteiger partial charge in [-0.15, -0.1) is 0 Å². The molecule has 0 saturated heterocycles. The van der Waals surface area contributed by atoms with Gasteiger partial charge in [-0.25, -0.2) is 0 Å². The van der Waals surface area contributed by atoms with Gasteiger partial charge in [-0.2, -0.15) is 0 Å². The quantitative estimate of drug-likeness (QED) is 0.670. The van der Waals surface area contributed by atoms with Crippen molar-refractivity contribution in [2.45, 2.75) is 13.0 Å². The van der Waals surface area contributed by atoms with Crippen molar-refractivity contribution in [3.8, 4) is 0 Å². The zero-order valence-corrected chi connectivity index (χ0v) is 6.95. The number of ketones is 1. The summed E-state index contributed by atoms with van der Waals surface area (Å²) in [6.45, 7) is 5.15. The maximum Gasteiger partial charge on any atom is 0.191 e. The summed E-state index contributed by atoms with van der Waals surface area (Å²) in [5.74, 6) is -0.277. The van der Waals surface area contributed by atoms with Crippen LogP contribution in [0.1, 0.15) is 22.8 Å². The third-order valence-corrected chi connectivity index (χ3v) is 1.66. The molecule has 2 nitrogen and oxygen atoms in total. The molecule has 0 amide bonds. The summed E-state index contributed by atoms with van der Waals surface area (Å²) in [6.07, 6.45) is -0.951. The molecular weight excluding hydrogens is 152 g/mol. The van der Waals surface area contributed by atoms with E-state index in [1.807, 2.05) is 0 Å². The molecule has 2 heteroatoms. The third-order valence-electron chi connectivity index (χ3n) is 1.66. The number of aliphatic hydroxyl groups excluding tert-OH is 1. The summed E-state index contributed by atoms with van der Waals surface area (Å²) in [7, 11) is 0. The van der Waals surface area contributed by atoms with Gasteiger partial charge in [0.05, 0.1) is 0 Å². The lowest BCUT2D eigenvalue weighted by Gasteiger charge is -2.05. The Balaban J connectivity index is 3.03. The van der Waals surface area contributed by atoms with Crippen molar-refractivity contribution in [2.24, 2.45) is 0 Å². The molecule has 0 aromatic heterocycles. The van der Waals surface area contributed by atoms with Gasteiger partial charge >= 0.3 is 0 Å². The number of hydrogen-bond donors (Lipinski definition) is 1. The van der Waals surface area contributed by atoms with Crippen molar-refractivity contribution in [1.82, 2.24) is 0 Å². The molecule has 1 aromatic carbocycles. The van der Waals surface area contributed by atoms with Crippen molar-refractivity contribution in [1.29, 1.82) is 0 Å². The highest BCUT2D eigenvalue weighted by molar-refractivity contribution is 6.00. The summed E-state index contributed by atoms with van der Waals surface area (Å²) in [5, 5.41) is 9.02. The lowest BCUT2D eigenvalue weighted by molar-refractivity contribution is 0.0779. The second kappa shape index (κ2) is 3.50. The Bertz CT molecular complexity index is 290. The van der Waals surface area contributed by atoms with Crippen molar-refractivity contribution in [2.75, 3.05) is 0 Å². The Hall–Kier alpha value is -1.15. The van der Waals surface area contributed by atoms with Crippen LogP contribution < -0.4 is 0 Å². The van der Waals surface area contributed by atoms with E-state index in [1.165, 1.54) is 6.92 Å². The van der Waals surface area contributed by atoms with Crippen LogP contribution in [0.3, 0.4) is 0 Å². The molecule has 0 aliphatic rings. The molecule has 0 saturated carbocycles. The molecule has 0 fully saturated rings. The second-order valence-corrected chi connectivity index (χ2v) is 2.70. The monoisotopic (exact) mass is 163 g/mol. The minimum absolute atomic E-state index is 0.277. The van der Waals surface area contributed by atoms with Crippen LogP contribution in [0.5, 0.6) is 0 Å². The van der Waals surface area contributed by atoms with Gasteiger partial charge in [0.1, 0.15) is 6.10 Å². The van der Waals surface area contributed by atoms with E-state index in [9.17, 15) is 4.79 Å². The van der Waals surface area contributed by atoms with Crippen molar-refractivity contribution >= 4 is 5.78 Å². The normalized spacial score (nSPS) is 12.6. The summed E-state index contributed by atoms with van der Waals surface area (Å²) in [4.78, 5) is 11.3. The first kappa shape index (κ1) is 8.94. The van der Waals surface area contributed by atoms with E-state index in [0.29, 0.717) is 11.1 Å². The average molecular weight is 163 g/mol. The van der Waals surface area contributed by atoms with Crippen LogP contribution in [0.15, 0.2) is 24.3 Å². The Labute approximate surface area is 71.8 Å². The van der Waals surface area contributed by atoms with Crippen LogP contribution in [-0.2, 0) is 0 Å². The summed E-state index contributed by atoms with van der Waals surface area (Å²) in [6, 6.07) is 6.97. The standard InChI is InChI=1S/C10H11O2/c1-7-5-3-4-6-9(7)10(12)8(2)11/h3-6,8,11H,1H2,2H3. The number of benzene rings is 1. The van der Waals surface area contributed by atoms with Crippen molar-refractivity contribution in [3.63, 3.8) is 0 Å². The molecule has 1 aromatic rings. The van der Waals surface area contributed by atoms with E-state index >= 15 is 0 Å². The van der Waals surface area contributed by atoms with Crippen LogP contribution in [-0.4, -0.2) is 17.0 Å². The minimum atomic E-state index is -0.951. The Morgan fingerprint density at radius 1 is 1.50 bits per heavy atom. The molecule has 1 unspecified atom stereocenters. The highest BCUT2D eigenvalue weighted by Crippen LogP contribution is 2.09. The van der Waals surface area contributed by atoms with E-state index in [-0.39, 0.29) is 5.78 Å². The number of Topliss-reactive ketones (excluding diaryl/α,β-unsaturated/α-hetero) is 1. The van der Waals surface area contributed by atoms with E-state index in [2.05, 4.69) is 6.92 Å². The number of aliphatic hydroxyl groups is 1. The zero-order valence-electron chi connectivity index (χ0n) is 6.95. The Kier molecular flexibility index (Phi) is 2.61. The molecule has 0 bridgehead atoms. The fraction of sp³-hybridized carbons (Fsp3) is 0.200. The smallest absolute Gasteiger partial charge is 0.191 e. The number of rotatable bonds is 2. The van der Waals surface area contributed by atoms with E-state index in [0.717, 1.165) is 0 Å². The van der Waals surface area contributed by atoms with Gasteiger partial charge in [0.2, 0.25) is 0 Å². The van der Waals surface area contributed by atoms with E-state index < -0.39 is 6.10 Å². The number of hydrogen-bond acceptors (Lipinski definition) is 2. The van der Waals surface area contributed by atoms with Gasteiger partial charge in [-0.3, -0.25) is 4.79 Å². The number of carbonyl (C=O) groups is 1. The summed E-state index contributed by atoms with van der Waals surface area (Å²) >= 11 is 0. The van der Waals surface area contributed by atoms with Crippen LogP contribution in [0.25, 0.3) is 0 Å². The topological polar surface area (TPSA) is 37.3 Å². The van der Waals surface area contributed by atoms with Crippen LogP contribution in [0.2, 0.25) is 0 Å². The predicted octanol–water partition coefficient (Wildman–Crippen LogP) is 1.43. The molecule has 1 radical (unpaired) electrons. The van der Waals surface area contributed by atoms with Gasteiger partial charge < -0.3 is 5.11 Å². The van der Waals surface area contributed by atoms with Gasteiger partial charge in [0.25, 0.3) is 0 Å². The fourth-order valence-electron chi connectivity index (χ4n) is 0.986. The summed E-state index contributed by atoms with van der Waals surface area (Å²) < 4.78 is 0. The molecule has 0 aliphatic carbocycles. The fourth-order valence-corrected chi connectivity index (χ4v) is 0.986. The first-order valence-electron chi connectivity index (χ1n) is 3.76. The average Bonchev–Trinajstić information content (AvgIpc) is 2.04. The molecular formula is C10H11O2. The number of carbonyl (C=O) groups excluding carboxylic acids is 1. The Morgan fingerprint density at radius 3 is 2.58 bits per heavy atom. The van der Waals surface area contributed by atoms with Crippen LogP contribution in [0, 0.1) is 6.92 Å². The third kappa shape index (κ3) is 1.71. The first-order chi connectivity index (χ1) is 5.63. The Morgan fingerprint density at radius 2 is 2.08 bits per heavy atom. The van der Waals surface area contributed by atoms with E-state index in [4.69, 9.17) is 5.11 Å². The molecule has 12 heavy (non-hydrogen) atoms. The van der Waals surface area contributed by atoms with Crippen LogP contribution in [0.4, 0.5) is 0 Å². The highest BCUT2D eigenvalue weighted by Gasteiger charge is 2.12. The van der Waals surface area contributed by atoms with Crippen molar-refractivity contribution in [3.05, 3.63) is 42.3 Å². The zero-order chi connectivity index (χ0) is 9.14. The lowest BCUT2D eigenvalue weighted by Crippen LogP contribution is -2.16. The molecule has 1 N–H and O–H groups in total. The second-order valence-electron chi connectivity index (χ2n) is 2.70. The minimum Gasteiger partial charge on any atom is -0.385 e. The van der Waals surface area contributed by atoms with Gasteiger partial charge in [-0.1, -0.05) is 24.3 Å². The lowest BCUT2D eigenvalue weighted by atomic mass is 10.0. The summed E-state index contributed by atoms with van der Waals surface area (Å²) in [5.41, 5.74) is 1.15. The molecule has 0 heterocycles. The van der Waals surface area contributed by atoms with Crippen molar-refractivity contribution < 1.29 is 9.90 Å². The van der Waals surface area contributed by atoms with E-state index in [1.54, 1.807) is 24.3 Å². The van der Waals surface area contributed by atoms with Gasteiger partial charge in [0.15, 0.2) is 5.78 Å². The van der Waals surface area contributed by atoms with Crippen LogP contribution >= 0.6 is 0 Å². The molecule has 63 valence electrons. The highest BCUT2D eigenvalue weighted by atomic mass is 16.3. The van der Waals surface area contributed by atoms with Gasteiger partial charge in [0, 0.05) is 5.56 Å². The maximum atomic E-state index is 11.3. The maximum absolute atomic E-state index is 11.3.